The van der Waals surface area contributed by atoms with Gasteiger partial charge in [0.2, 0.25) is 5.95 Å². The molecule has 0 unspecified atom stereocenters. The van der Waals surface area contributed by atoms with Crippen LogP contribution in [-0.2, 0) is 21.3 Å². The predicted octanol–water partition coefficient (Wildman–Crippen LogP) is 3.83. The van der Waals surface area contributed by atoms with E-state index in [2.05, 4.69) is 14.9 Å². The van der Waals surface area contributed by atoms with Gasteiger partial charge in [0.1, 0.15) is 22.3 Å². The van der Waals surface area contributed by atoms with E-state index >= 15 is 0 Å². The molecule has 204 valence electrons. The van der Waals surface area contributed by atoms with E-state index in [1.165, 1.54) is 24.4 Å². The first-order chi connectivity index (χ1) is 18.1. The molecule has 3 aromatic rings. The molecular weight excluding hydrogens is 533 g/mol. The highest BCUT2D eigenvalue weighted by molar-refractivity contribution is 7.92. The molecule has 38 heavy (non-hydrogen) atoms. The minimum atomic E-state index is -4.21. The molecule has 1 atom stereocenters. The Balaban J connectivity index is 1.66. The lowest BCUT2D eigenvalue weighted by Crippen LogP contribution is -2.44. The first kappa shape index (κ1) is 28.0. The Morgan fingerprint density at radius 3 is 2.50 bits per heavy atom. The Kier molecular flexibility index (Phi) is 8.41. The van der Waals surface area contributed by atoms with Crippen LogP contribution >= 0.6 is 11.6 Å². The molecule has 0 bridgehead atoms. The molecule has 0 aliphatic carbocycles. The third kappa shape index (κ3) is 6.01. The summed E-state index contributed by atoms with van der Waals surface area (Å²) in [6.45, 7) is 1.87. The lowest BCUT2D eigenvalue weighted by molar-refractivity contribution is -0.0100. The maximum absolute atomic E-state index is 14.0. The average molecular weight is 564 g/mol. The number of pyridine rings is 2. The zero-order valence-corrected chi connectivity index (χ0v) is 23.3. The van der Waals surface area contributed by atoms with E-state index in [0.29, 0.717) is 30.2 Å². The van der Waals surface area contributed by atoms with Gasteiger partial charge in [-0.25, -0.2) is 22.7 Å². The van der Waals surface area contributed by atoms with Gasteiger partial charge in [-0.3, -0.25) is 0 Å². The molecule has 1 aliphatic heterocycles. The monoisotopic (exact) mass is 563 g/mol. The van der Waals surface area contributed by atoms with Gasteiger partial charge in [0, 0.05) is 32.9 Å². The molecule has 4 rings (SSSR count). The summed E-state index contributed by atoms with van der Waals surface area (Å²) < 4.78 is 53.7. The van der Waals surface area contributed by atoms with E-state index < -0.39 is 16.0 Å². The fraction of sp³-hybridized carbons (Fsp3) is 0.385. The second-order valence-corrected chi connectivity index (χ2v) is 11.7. The predicted molar refractivity (Wildman–Crippen MR) is 145 cm³/mol. The molecule has 1 saturated heterocycles. The third-order valence-corrected chi connectivity index (χ3v) is 8.47. The van der Waals surface area contributed by atoms with Gasteiger partial charge in [0.05, 0.1) is 24.3 Å². The molecule has 12 heteroatoms. The highest BCUT2D eigenvalue weighted by Gasteiger charge is 2.40. The van der Waals surface area contributed by atoms with Crippen molar-refractivity contribution in [2.45, 2.75) is 23.5 Å². The maximum atomic E-state index is 14.0. The number of hydrogen-bond acceptors (Lipinski definition) is 8. The maximum Gasteiger partial charge on any atom is 0.267 e. The minimum Gasteiger partial charge on any atom is -0.497 e. The van der Waals surface area contributed by atoms with Crippen molar-refractivity contribution in [3.63, 3.8) is 0 Å². The van der Waals surface area contributed by atoms with Crippen LogP contribution in [0, 0.1) is 5.95 Å². The number of sulfonamides is 1. The van der Waals surface area contributed by atoms with Crippen molar-refractivity contribution in [1.29, 1.82) is 0 Å². The van der Waals surface area contributed by atoms with Crippen LogP contribution in [0.3, 0.4) is 0 Å². The van der Waals surface area contributed by atoms with Crippen molar-refractivity contribution >= 4 is 33.3 Å². The van der Waals surface area contributed by atoms with Crippen LogP contribution in [0.1, 0.15) is 12.0 Å². The largest absolute Gasteiger partial charge is 0.497 e. The Hall–Kier alpha value is -2.99. The zero-order valence-electron chi connectivity index (χ0n) is 21.8. The number of hydrogen-bond donors (Lipinski definition) is 0. The molecule has 1 aromatic carbocycles. The molecule has 0 amide bonds. The number of aromatic nitrogens is 2. The summed E-state index contributed by atoms with van der Waals surface area (Å²) in [5.41, 5.74) is 0.280. The molecule has 0 radical (unpaired) electrons. The molecule has 9 nitrogen and oxygen atoms in total. The fourth-order valence-electron chi connectivity index (χ4n) is 4.60. The van der Waals surface area contributed by atoms with Gasteiger partial charge in [-0.15, -0.1) is 0 Å². The van der Waals surface area contributed by atoms with Gasteiger partial charge in [0.15, 0.2) is 0 Å². The van der Waals surface area contributed by atoms with Crippen molar-refractivity contribution in [1.82, 2.24) is 14.9 Å². The summed E-state index contributed by atoms with van der Waals surface area (Å²) in [7, 11) is 2.99. The quantitative estimate of drug-likeness (QED) is 0.344. The normalized spacial score (nSPS) is 17.7. The number of methoxy groups -OCH3 is 2. The molecule has 0 saturated carbocycles. The smallest absolute Gasteiger partial charge is 0.267 e. The lowest BCUT2D eigenvalue weighted by Gasteiger charge is -2.31. The first-order valence-electron chi connectivity index (χ1n) is 12.0. The zero-order chi connectivity index (χ0) is 27.5. The molecule has 0 N–H and O–H groups in total. The highest BCUT2D eigenvalue weighted by Crippen LogP contribution is 2.35. The van der Waals surface area contributed by atoms with Crippen molar-refractivity contribution in [3.05, 3.63) is 71.3 Å². The summed E-state index contributed by atoms with van der Waals surface area (Å²) in [4.78, 5) is 12.2. The highest BCUT2D eigenvalue weighted by atomic mass is 35.5. The van der Waals surface area contributed by atoms with E-state index in [0.717, 1.165) is 23.3 Å². The second-order valence-electron chi connectivity index (χ2n) is 9.45. The number of likely N-dealkylation sites (N-methyl/N-ethyl adjacent to an activating group) is 1. The topological polar surface area (TPSA) is 88.1 Å². The van der Waals surface area contributed by atoms with Crippen LogP contribution in [0.4, 0.5) is 16.0 Å². The molecule has 2 aromatic heterocycles. The van der Waals surface area contributed by atoms with Gasteiger partial charge < -0.3 is 19.3 Å². The summed E-state index contributed by atoms with van der Waals surface area (Å²) in [6.07, 6.45) is 2.05. The van der Waals surface area contributed by atoms with E-state index in [1.807, 2.05) is 19.0 Å². The number of anilines is 2. The van der Waals surface area contributed by atoms with Crippen LogP contribution in [0.5, 0.6) is 5.75 Å². The minimum absolute atomic E-state index is 0.0610. The molecule has 1 fully saturated rings. The Morgan fingerprint density at radius 1 is 1.16 bits per heavy atom. The third-order valence-electron chi connectivity index (χ3n) is 6.48. The number of benzene rings is 1. The molecule has 1 aliphatic rings. The molecule has 3 heterocycles. The lowest BCUT2D eigenvalue weighted by atomic mass is 10.0. The van der Waals surface area contributed by atoms with Crippen molar-refractivity contribution < 1.29 is 22.3 Å². The molecule has 0 spiro atoms. The standard InChI is InChI=1S/C26H31ClFN5O4S/c1-31(2)17-26(37-4)12-13-32(18-26)25-22(27)14-21(15-29-25)38(34,35)33(24-7-5-6-23(28)30-24)16-19-8-10-20(36-3)11-9-19/h5-11,14-15H,12-13,16-18H2,1-4H3/t26-/m1/s1. The van der Waals surface area contributed by atoms with Crippen LogP contribution in [0.15, 0.2) is 59.6 Å². The SMILES string of the molecule is COc1ccc(CN(c2cccc(F)n2)S(=O)(=O)c2cnc(N3CC[C@](CN(C)C)(OC)C3)c(Cl)c2)cc1. The van der Waals surface area contributed by atoms with E-state index in [1.54, 1.807) is 38.5 Å². The Labute approximate surface area is 227 Å². The fourth-order valence-corrected chi connectivity index (χ4v) is 6.32. The van der Waals surface area contributed by atoms with Crippen LogP contribution < -0.4 is 13.9 Å². The Bertz CT molecular complexity index is 1380. The van der Waals surface area contributed by atoms with Crippen molar-refractivity contribution in [2.75, 3.05) is 57.2 Å². The van der Waals surface area contributed by atoms with Gasteiger partial charge in [-0.05, 0) is 56.4 Å². The van der Waals surface area contributed by atoms with Crippen LogP contribution in [-0.4, -0.2) is 76.8 Å². The van der Waals surface area contributed by atoms with E-state index in [9.17, 15) is 12.8 Å². The van der Waals surface area contributed by atoms with Crippen molar-refractivity contribution in [3.8, 4) is 5.75 Å². The van der Waals surface area contributed by atoms with Gasteiger partial charge >= 0.3 is 0 Å². The summed E-state index contributed by atoms with van der Waals surface area (Å²) >= 11 is 6.60. The Morgan fingerprint density at radius 2 is 1.89 bits per heavy atom. The second kappa shape index (κ2) is 11.4. The number of ether oxygens (including phenoxy) is 2. The number of rotatable bonds is 10. The van der Waals surface area contributed by atoms with Crippen LogP contribution in [0.25, 0.3) is 0 Å². The number of halogens is 2. The van der Waals surface area contributed by atoms with Gasteiger partial charge in [-0.1, -0.05) is 29.8 Å². The van der Waals surface area contributed by atoms with Gasteiger partial charge in [-0.2, -0.15) is 4.39 Å². The molecular formula is C26H31ClFN5O4S. The first-order valence-corrected chi connectivity index (χ1v) is 13.8. The summed E-state index contributed by atoms with van der Waals surface area (Å²) in [5, 5.41) is 0.194. The van der Waals surface area contributed by atoms with Crippen LogP contribution in [0.2, 0.25) is 5.02 Å². The average Bonchev–Trinajstić information content (AvgIpc) is 3.30. The summed E-state index contributed by atoms with van der Waals surface area (Å²) in [6, 6.07) is 12.3. The number of nitrogens with zero attached hydrogens (tertiary/aromatic N) is 5. The van der Waals surface area contributed by atoms with E-state index in [-0.39, 0.29) is 27.9 Å². The van der Waals surface area contributed by atoms with Gasteiger partial charge in [0.25, 0.3) is 10.0 Å². The van der Waals surface area contributed by atoms with Crippen molar-refractivity contribution in [2.24, 2.45) is 0 Å². The van der Waals surface area contributed by atoms with E-state index in [4.69, 9.17) is 21.1 Å². The summed E-state index contributed by atoms with van der Waals surface area (Å²) in [5.74, 6) is 0.254.